The zero-order chi connectivity index (χ0) is 12.6. The summed E-state index contributed by atoms with van der Waals surface area (Å²) < 4.78 is 5.37. The molecule has 0 amide bonds. The molecular weight excluding hydrogens is 226 g/mol. The highest BCUT2D eigenvalue weighted by Gasteiger charge is 2.49. The van der Waals surface area contributed by atoms with Crippen LogP contribution in [-0.2, 0) is 6.42 Å². The maximum absolute atomic E-state index is 5.37. The van der Waals surface area contributed by atoms with Gasteiger partial charge >= 0.3 is 0 Å². The van der Waals surface area contributed by atoms with E-state index in [4.69, 9.17) is 4.52 Å². The van der Waals surface area contributed by atoms with Gasteiger partial charge in [-0.15, -0.1) is 0 Å². The van der Waals surface area contributed by atoms with E-state index in [2.05, 4.69) is 29.3 Å². The SMILES string of the molecule is CC1(C)CC1c1noc(CCC2CCCNC2)n1. The molecule has 0 spiro atoms. The van der Waals surface area contributed by atoms with Gasteiger partial charge < -0.3 is 9.84 Å². The number of hydrogen-bond acceptors (Lipinski definition) is 4. The minimum absolute atomic E-state index is 0.383. The highest BCUT2D eigenvalue weighted by atomic mass is 16.5. The predicted octanol–water partition coefficient (Wildman–Crippen LogP) is 2.52. The van der Waals surface area contributed by atoms with Crippen molar-refractivity contribution in [3.8, 4) is 0 Å². The van der Waals surface area contributed by atoms with E-state index < -0.39 is 0 Å². The standard InChI is InChI=1S/C14H23N3O/c1-14(2)8-11(14)13-16-12(18-17-13)6-5-10-4-3-7-15-9-10/h10-11,15H,3-9H2,1-2H3. The molecule has 0 radical (unpaired) electrons. The van der Waals surface area contributed by atoms with Crippen LogP contribution in [0, 0.1) is 11.3 Å². The average Bonchev–Trinajstić information content (AvgIpc) is 2.81. The predicted molar refractivity (Wildman–Crippen MR) is 69.4 cm³/mol. The molecule has 2 unspecified atom stereocenters. The van der Waals surface area contributed by atoms with Crippen LogP contribution in [0.3, 0.4) is 0 Å². The lowest BCUT2D eigenvalue weighted by Crippen LogP contribution is -2.29. The fourth-order valence-corrected chi connectivity index (χ4v) is 2.92. The fourth-order valence-electron chi connectivity index (χ4n) is 2.92. The first-order valence-corrected chi connectivity index (χ1v) is 7.18. The topological polar surface area (TPSA) is 51.0 Å². The molecule has 1 aromatic heterocycles. The maximum Gasteiger partial charge on any atom is 0.226 e. The van der Waals surface area contributed by atoms with Crippen LogP contribution in [0.25, 0.3) is 0 Å². The molecule has 1 aromatic rings. The average molecular weight is 249 g/mol. The minimum atomic E-state index is 0.383. The van der Waals surface area contributed by atoms with Crippen LogP contribution in [-0.4, -0.2) is 23.2 Å². The third kappa shape index (κ3) is 2.58. The van der Waals surface area contributed by atoms with Gasteiger partial charge in [0.15, 0.2) is 5.82 Å². The second-order valence-corrected chi connectivity index (χ2v) is 6.54. The van der Waals surface area contributed by atoms with E-state index in [1.54, 1.807) is 0 Å². The van der Waals surface area contributed by atoms with Gasteiger partial charge in [-0.25, -0.2) is 0 Å². The Balaban J connectivity index is 1.51. The Bertz CT molecular complexity index is 407. The van der Waals surface area contributed by atoms with Gasteiger partial charge in [-0.3, -0.25) is 0 Å². The first kappa shape index (κ1) is 12.2. The number of rotatable bonds is 4. The molecular formula is C14H23N3O. The van der Waals surface area contributed by atoms with E-state index >= 15 is 0 Å². The van der Waals surface area contributed by atoms with Crippen molar-refractivity contribution < 1.29 is 4.52 Å². The van der Waals surface area contributed by atoms with Gasteiger partial charge in [-0.05, 0) is 50.1 Å². The molecule has 1 aliphatic heterocycles. The van der Waals surface area contributed by atoms with Crippen molar-refractivity contribution in [1.29, 1.82) is 0 Å². The molecule has 100 valence electrons. The molecule has 3 rings (SSSR count). The van der Waals surface area contributed by atoms with Gasteiger partial charge in [-0.2, -0.15) is 4.98 Å². The second kappa shape index (κ2) is 4.65. The third-order valence-electron chi connectivity index (χ3n) is 4.47. The molecule has 4 nitrogen and oxygen atoms in total. The zero-order valence-corrected chi connectivity index (χ0v) is 11.4. The third-order valence-corrected chi connectivity index (χ3v) is 4.47. The maximum atomic E-state index is 5.37. The van der Waals surface area contributed by atoms with Gasteiger partial charge in [0.05, 0.1) is 0 Å². The van der Waals surface area contributed by atoms with E-state index in [0.717, 1.165) is 30.6 Å². The fraction of sp³-hybridized carbons (Fsp3) is 0.857. The van der Waals surface area contributed by atoms with Crippen molar-refractivity contribution in [2.24, 2.45) is 11.3 Å². The molecule has 0 aromatic carbocycles. The van der Waals surface area contributed by atoms with E-state index in [-0.39, 0.29) is 0 Å². The summed E-state index contributed by atoms with van der Waals surface area (Å²) in [6.07, 6.45) is 5.94. The van der Waals surface area contributed by atoms with Crippen LogP contribution in [0.2, 0.25) is 0 Å². The molecule has 4 heteroatoms. The number of nitrogens with zero attached hydrogens (tertiary/aromatic N) is 2. The second-order valence-electron chi connectivity index (χ2n) is 6.54. The Kier molecular flexibility index (Phi) is 3.14. The summed E-state index contributed by atoms with van der Waals surface area (Å²) in [5, 5.41) is 7.58. The van der Waals surface area contributed by atoms with Crippen LogP contribution in [0.5, 0.6) is 0 Å². The lowest BCUT2D eigenvalue weighted by molar-refractivity contribution is 0.325. The van der Waals surface area contributed by atoms with E-state index in [1.807, 2.05) is 0 Å². The van der Waals surface area contributed by atoms with Gasteiger partial charge in [0.2, 0.25) is 5.89 Å². The molecule has 1 aliphatic carbocycles. The van der Waals surface area contributed by atoms with E-state index in [0.29, 0.717) is 11.3 Å². The Labute approximate surface area is 109 Å². The van der Waals surface area contributed by atoms with Crippen LogP contribution in [0.15, 0.2) is 4.52 Å². The quantitative estimate of drug-likeness (QED) is 0.891. The van der Waals surface area contributed by atoms with Crippen molar-refractivity contribution in [2.75, 3.05) is 13.1 Å². The molecule has 2 heterocycles. The summed E-state index contributed by atoms with van der Waals surface area (Å²) in [6.45, 7) is 6.86. The lowest BCUT2D eigenvalue weighted by atomic mass is 9.95. The molecule has 18 heavy (non-hydrogen) atoms. The monoisotopic (exact) mass is 249 g/mol. The minimum Gasteiger partial charge on any atom is -0.339 e. The van der Waals surface area contributed by atoms with Crippen molar-refractivity contribution in [3.05, 3.63) is 11.7 Å². The molecule has 0 bridgehead atoms. The van der Waals surface area contributed by atoms with Crippen molar-refractivity contribution in [3.63, 3.8) is 0 Å². The summed E-state index contributed by atoms with van der Waals surface area (Å²) in [6, 6.07) is 0. The van der Waals surface area contributed by atoms with Gasteiger partial charge in [0.1, 0.15) is 0 Å². The van der Waals surface area contributed by atoms with Crippen LogP contribution >= 0.6 is 0 Å². The summed E-state index contributed by atoms with van der Waals surface area (Å²) in [5.41, 5.74) is 0.383. The van der Waals surface area contributed by atoms with Crippen molar-refractivity contribution in [1.82, 2.24) is 15.5 Å². The lowest BCUT2D eigenvalue weighted by Gasteiger charge is -2.21. The molecule has 2 fully saturated rings. The van der Waals surface area contributed by atoms with Gasteiger partial charge in [0.25, 0.3) is 0 Å². The number of aromatic nitrogens is 2. The Hall–Kier alpha value is -0.900. The van der Waals surface area contributed by atoms with Gasteiger partial charge in [-0.1, -0.05) is 19.0 Å². The number of piperidine rings is 1. The first-order chi connectivity index (χ1) is 8.65. The number of hydrogen-bond donors (Lipinski definition) is 1. The molecule has 1 saturated carbocycles. The first-order valence-electron chi connectivity index (χ1n) is 7.18. The van der Waals surface area contributed by atoms with Crippen LogP contribution < -0.4 is 5.32 Å². The summed E-state index contributed by atoms with van der Waals surface area (Å²) in [4.78, 5) is 4.55. The van der Waals surface area contributed by atoms with Crippen LogP contribution in [0.1, 0.15) is 57.2 Å². The summed E-state index contributed by atoms with van der Waals surface area (Å²) in [5.74, 6) is 3.06. The summed E-state index contributed by atoms with van der Waals surface area (Å²) >= 11 is 0. The normalized spacial score (nSPS) is 30.3. The highest BCUT2D eigenvalue weighted by Crippen LogP contribution is 2.57. The zero-order valence-electron chi connectivity index (χ0n) is 11.4. The number of nitrogens with one attached hydrogen (secondary N) is 1. The van der Waals surface area contributed by atoms with E-state index in [1.165, 1.54) is 32.2 Å². The molecule has 2 atom stereocenters. The molecule has 1 N–H and O–H groups in total. The summed E-state index contributed by atoms with van der Waals surface area (Å²) in [7, 11) is 0. The van der Waals surface area contributed by atoms with Gasteiger partial charge in [0, 0.05) is 12.3 Å². The molecule has 2 aliphatic rings. The smallest absolute Gasteiger partial charge is 0.226 e. The van der Waals surface area contributed by atoms with Crippen molar-refractivity contribution >= 4 is 0 Å². The van der Waals surface area contributed by atoms with Crippen LogP contribution in [0.4, 0.5) is 0 Å². The Morgan fingerprint density at radius 1 is 1.44 bits per heavy atom. The van der Waals surface area contributed by atoms with Crippen molar-refractivity contribution in [2.45, 2.75) is 51.9 Å². The largest absolute Gasteiger partial charge is 0.339 e. The number of aryl methyl sites for hydroxylation is 1. The highest BCUT2D eigenvalue weighted by molar-refractivity contribution is 5.14. The molecule has 1 saturated heterocycles. The van der Waals surface area contributed by atoms with E-state index in [9.17, 15) is 0 Å². The Morgan fingerprint density at radius 3 is 2.94 bits per heavy atom. The Morgan fingerprint density at radius 2 is 2.28 bits per heavy atom.